The van der Waals surface area contributed by atoms with Crippen molar-refractivity contribution in [3.05, 3.63) is 0 Å². The van der Waals surface area contributed by atoms with E-state index in [-0.39, 0.29) is 12.8 Å². The number of aliphatic carboxylic acids is 1. The first-order valence-corrected chi connectivity index (χ1v) is 27.9. The summed E-state index contributed by atoms with van der Waals surface area (Å²) in [6, 6.07) is -1.52. The minimum atomic E-state index is -5.35. The number of phosphoric ester groups is 1. The number of carboxylic acid groups (broad SMARTS) is 1. The maximum atomic E-state index is 13.9. The molecule has 7 atom stereocenters. The van der Waals surface area contributed by atoms with Crippen molar-refractivity contribution >= 4 is 31.6 Å². The number of hydrogen-bond donors (Lipinski definition) is 6. The van der Waals surface area contributed by atoms with Crippen LogP contribution < -0.4 is 5.32 Å². The zero-order valence-electron chi connectivity index (χ0n) is 41.4. The quantitative estimate of drug-likeness (QED) is 0.0189. The van der Waals surface area contributed by atoms with E-state index in [1.165, 1.54) is 96.3 Å². The van der Waals surface area contributed by atoms with Crippen molar-refractivity contribution in [3.63, 3.8) is 0 Å². The van der Waals surface area contributed by atoms with Crippen molar-refractivity contribution in [1.82, 2.24) is 5.32 Å². The van der Waals surface area contributed by atoms with Gasteiger partial charge in [-0.3, -0.25) is 23.7 Å². The molecular formula is C50H94NO14P. The molecule has 1 fully saturated rings. The number of aliphatic hydroxyl groups excluding tert-OH is 2. The molecule has 1 saturated heterocycles. The van der Waals surface area contributed by atoms with E-state index in [0.717, 1.165) is 70.6 Å². The van der Waals surface area contributed by atoms with Crippen LogP contribution in [0.15, 0.2) is 0 Å². The lowest BCUT2D eigenvalue weighted by atomic mass is 9.90. The second-order valence-electron chi connectivity index (χ2n) is 18.8. The summed E-state index contributed by atoms with van der Waals surface area (Å²) >= 11 is 0. The van der Waals surface area contributed by atoms with Crippen LogP contribution >= 0.6 is 7.82 Å². The number of hydrogen-bond acceptors (Lipinski definition) is 11. The SMILES string of the molecule is CCCCCCCCCCCCCC(=O)O[C@H](CCCCCCCCCCC)CC(=O)O[C@@H]1[C@@H](NC(=O)C[C@H](O)CCCCCCCCCCC)[C@@H](CC(=O)O)O[C@H](CO)[C@H]1OP(=O)(O)O. The van der Waals surface area contributed by atoms with Gasteiger partial charge in [-0.15, -0.1) is 0 Å². The summed E-state index contributed by atoms with van der Waals surface area (Å²) in [7, 11) is -5.35. The van der Waals surface area contributed by atoms with Gasteiger partial charge in [-0.2, -0.15) is 0 Å². The average Bonchev–Trinajstić information content (AvgIpc) is 3.25. The van der Waals surface area contributed by atoms with Crippen LogP contribution in [0.2, 0.25) is 0 Å². The number of ether oxygens (including phenoxy) is 3. The predicted molar refractivity (Wildman–Crippen MR) is 257 cm³/mol. The van der Waals surface area contributed by atoms with Crippen LogP contribution in [-0.2, 0) is 42.5 Å². The minimum Gasteiger partial charge on any atom is -0.481 e. The third kappa shape index (κ3) is 32.6. The molecule has 0 aromatic rings. The second-order valence-corrected chi connectivity index (χ2v) is 20.0. The predicted octanol–water partition coefficient (Wildman–Crippen LogP) is 10.7. The number of unbranched alkanes of at least 4 members (excludes halogenated alkanes) is 26. The third-order valence-electron chi connectivity index (χ3n) is 12.6. The first-order chi connectivity index (χ1) is 31.7. The van der Waals surface area contributed by atoms with Crippen LogP contribution in [-0.4, -0.2) is 98.2 Å². The van der Waals surface area contributed by atoms with Crippen LogP contribution in [0.1, 0.15) is 245 Å². The Morgan fingerprint density at radius 2 is 1.03 bits per heavy atom. The number of carbonyl (C=O) groups is 4. The average molecular weight is 964 g/mol. The first-order valence-electron chi connectivity index (χ1n) is 26.3. The van der Waals surface area contributed by atoms with Crippen LogP contribution in [0.3, 0.4) is 0 Å². The highest BCUT2D eigenvalue weighted by Gasteiger charge is 2.52. The lowest BCUT2D eigenvalue weighted by Crippen LogP contribution is -2.66. The molecule has 0 aromatic carbocycles. The van der Waals surface area contributed by atoms with Crippen molar-refractivity contribution in [1.29, 1.82) is 0 Å². The highest BCUT2D eigenvalue weighted by molar-refractivity contribution is 7.46. The Balaban J connectivity index is 3.10. The van der Waals surface area contributed by atoms with E-state index in [2.05, 4.69) is 26.1 Å². The number of aliphatic hydroxyl groups is 2. The summed E-state index contributed by atoms with van der Waals surface area (Å²) < 4.78 is 34.8. The molecule has 1 rings (SSSR count). The van der Waals surface area contributed by atoms with E-state index in [4.69, 9.17) is 18.7 Å². The number of rotatable bonds is 44. The van der Waals surface area contributed by atoms with Crippen molar-refractivity contribution in [2.75, 3.05) is 6.61 Å². The molecule has 16 heteroatoms. The van der Waals surface area contributed by atoms with E-state index in [1.54, 1.807) is 0 Å². The number of phosphoric acid groups is 1. The van der Waals surface area contributed by atoms with E-state index in [0.29, 0.717) is 32.1 Å². The molecule has 0 spiro atoms. The van der Waals surface area contributed by atoms with Gasteiger partial charge in [-0.1, -0.05) is 194 Å². The maximum absolute atomic E-state index is 13.9. The van der Waals surface area contributed by atoms with E-state index in [9.17, 15) is 48.8 Å². The molecule has 0 unspecified atom stereocenters. The Morgan fingerprint density at radius 1 is 0.591 bits per heavy atom. The number of carboxylic acids is 1. The summed E-state index contributed by atoms with van der Waals surface area (Å²) in [4.78, 5) is 72.3. The lowest BCUT2D eigenvalue weighted by molar-refractivity contribution is -0.211. The van der Waals surface area contributed by atoms with Crippen molar-refractivity contribution in [2.24, 2.45) is 0 Å². The Labute approximate surface area is 398 Å². The molecule has 0 aromatic heterocycles. The van der Waals surface area contributed by atoms with Crippen LogP contribution in [0, 0.1) is 0 Å². The molecule has 0 bridgehead atoms. The summed E-state index contributed by atoms with van der Waals surface area (Å²) in [5.41, 5.74) is 0. The second kappa shape index (κ2) is 39.7. The summed E-state index contributed by atoms with van der Waals surface area (Å²) in [5, 5.41) is 33.4. The van der Waals surface area contributed by atoms with E-state index in [1.807, 2.05) is 0 Å². The van der Waals surface area contributed by atoms with Crippen molar-refractivity contribution < 1.29 is 67.6 Å². The van der Waals surface area contributed by atoms with Gasteiger partial charge in [0.1, 0.15) is 18.3 Å². The number of nitrogens with one attached hydrogen (secondary N) is 1. The van der Waals surface area contributed by atoms with Gasteiger partial charge in [-0.25, -0.2) is 4.57 Å². The summed E-state index contributed by atoms with van der Waals surface area (Å²) in [6.45, 7) is 5.67. The Kier molecular flexibility index (Phi) is 37.2. The molecule has 1 amide bonds. The fourth-order valence-corrected chi connectivity index (χ4v) is 9.38. The van der Waals surface area contributed by atoms with Crippen LogP contribution in [0.4, 0.5) is 0 Å². The molecule has 0 radical (unpaired) electrons. The zero-order chi connectivity index (χ0) is 48.8. The smallest absolute Gasteiger partial charge is 0.470 e. The topological polar surface area (TPSA) is 235 Å². The summed E-state index contributed by atoms with van der Waals surface area (Å²) in [5.74, 6) is -3.48. The van der Waals surface area contributed by atoms with Gasteiger partial charge < -0.3 is 44.6 Å². The minimum absolute atomic E-state index is 0.187. The van der Waals surface area contributed by atoms with Gasteiger partial charge in [0.15, 0.2) is 6.10 Å². The lowest BCUT2D eigenvalue weighted by Gasteiger charge is -2.45. The fraction of sp³-hybridized carbons (Fsp3) is 0.920. The van der Waals surface area contributed by atoms with E-state index >= 15 is 0 Å². The fourth-order valence-electron chi connectivity index (χ4n) is 8.81. The molecule has 66 heavy (non-hydrogen) atoms. The maximum Gasteiger partial charge on any atom is 0.470 e. The normalized spacial score (nSPS) is 19.6. The Hall–Kier alpha value is -2.13. The monoisotopic (exact) mass is 964 g/mol. The Morgan fingerprint density at radius 3 is 1.47 bits per heavy atom. The first kappa shape index (κ1) is 61.9. The van der Waals surface area contributed by atoms with Gasteiger partial charge in [0.2, 0.25) is 5.91 Å². The van der Waals surface area contributed by atoms with Gasteiger partial charge in [0.25, 0.3) is 0 Å². The number of esters is 2. The zero-order valence-corrected chi connectivity index (χ0v) is 42.2. The molecule has 1 heterocycles. The van der Waals surface area contributed by atoms with Crippen LogP contribution in [0.5, 0.6) is 0 Å². The molecule has 15 nitrogen and oxygen atoms in total. The highest BCUT2D eigenvalue weighted by atomic mass is 31.2. The largest absolute Gasteiger partial charge is 0.481 e. The third-order valence-corrected chi connectivity index (χ3v) is 13.1. The molecule has 388 valence electrons. The number of amides is 1. The molecule has 0 aliphatic carbocycles. The molecule has 6 N–H and O–H groups in total. The molecule has 1 aliphatic heterocycles. The molecular weight excluding hydrogens is 870 g/mol. The van der Waals surface area contributed by atoms with Gasteiger partial charge in [0, 0.05) is 6.42 Å². The van der Waals surface area contributed by atoms with E-state index < -0.39 is 93.8 Å². The number of carbonyl (C=O) groups excluding carboxylic acids is 3. The molecule has 0 saturated carbocycles. The highest BCUT2D eigenvalue weighted by Crippen LogP contribution is 2.42. The molecule has 1 aliphatic rings. The van der Waals surface area contributed by atoms with Crippen LogP contribution in [0.25, 0.3) is 0 Å². The van der Waals surface area contributed by atoms with Gasteiger partial charge >= 0.3 is 25.7 Å². The van der Waals surface area contributed by atoms with Crippen molar-refractivity contribution in [3.8, 4) is 0 Å². The summed E-state index contributed by atoms with van der Waals surface area (Å²) in [6.07, 6.45) is 22.5. The van der Waals surface area contributed by atoms with Crippen molar-refractivity contribution in [2.45, 2.75) is 288 Å². The van der Waals surface area contributed by atoms with Gasteiger partial charge in [0.05, 0.1) is 44.1 Å². The van der Waals surface area contributed by atoms with Gasteiger partial charge in [-0.05, 0) is 25.7 Å². The standard InChI is InChI=1S/C50H94NO14P/c1-4-7-10-13-16-19-20-23-26-29-32-35-46(57)62-41(34-31-28-25-22-18-15-12-9-6-3)37-47(58)64-50-48(42(38-45(55)56)63-43(39-52)49(50)65-66(59,60)61)51-44(54)36-40(53)33-30-27-24-21-17-14-11-8-5-2/h40-43,48-50,52-53H,4-39H2,1-3H3,(H,51,54)(H,55,56)(H2,59,60,61)/t40-,41-,42-,43-,48+,49-,50-/m1/s1. The Bertz CT molecular complexity index is 1300.